The lowest BCUT2D eigenvalue weighted by atomic mass is 10.2. The molecule has 0 amide bonds. The van der Waals surface area contributed by atoms with Crippen molar-refractivity contribution in [1.29, 1.82) is 0 Å². The van der Waals surface area contributed by atoms with Crippen LogP contribution in [0.4, 0.5) is 0 Å². The Hall–Kier alpha value is -0.650. The summed E-state index contributed by atoms with van der Waals surface area (Å²) in [6.45, 7) is 5.64. The van der Waals surface area contributed by atoms with Crippen LogP contribution < -0.4 is 5.32 Å². The third-order valence-electron chi connectivity index (χ3n) is 3.31. The van der Waals surface area contributed by atoms with E-state index in [1.165, 1.54) is 0 Å². The second-order valence-electron chi connectivity index (χ2n) is 4.50. The van der Waals surface area contributed by atoms with Crippen LogP contribution in [-0.4, -0.2) is 61.4 Å². The van der Waals surface area contributed by atoms with Crippen LogP contribution in [0.5, 0.6) is 0 Å². The van der Waals surface area contributed by atoms with Gasteiger partial charge in [-0.05, 0) is 32.9 Å². The van der Waals surface area contributed by atoms with Crippen LogP contribution in [0.3, 0.4) is 0 Å². The van der Waals surface area contributed by atoms with Crippen molar-refractivity contribution in [1.82, 2.24) is 10.2 Å². The molecule has 0 aromatic carbocycles. The maximum atomic E-state index is 10.9. The highest BCUT2D eigenvalue weighted by molar-refractivity contribution is 5.73. The predicted octanol–water partition coefficient (Wildman–Crippen LogP) is 0.550. The van der Waals surface area contributed by atoms with E-state index in [1.54, 1.807) is 7.05 Å². The van der Waals surface area contributed by atoms with Crippen molar-refractivity contribution in [2.75, 3.05) is 33.3 Å². The van der Waals surface area contributed by atoms with Crippen molar-refractivity contribution < 1.29 is 14.6 Å². The van der Waals surface area contributed by atoms with Crippen LogP contribution in [-0.2, 0) is 9.53 Å². The molecular formula is C12H24N2O3. The monoisotopic (exact) mass is 244 g/mol. The molecule has 0 aliphatic carbocycles. The standard InChI is InChI=1S/C12H24N2O3/c1-3-14(9-10-5-4-8-17-10)7-6-11(13-2)12(15)16/h10-11,13H,3-9H2,1-2H3,(H,15,16). The van der Waals surface area contributed by atoms with Gasteiger partial charge in [0.2, 0.25) is 0 Å². The predicted molar refractivity (Wildman–Crippen MR) is 66.2 cm³/mol. The number of carboxylic acids is 1. The zero-order valence-corrected chi connectivity index (χ0v) is 10.8. The third kappa shape index (κ3) is 5.02. The minimum Gasteiger partial charge on any atom is -0.480 e. The first kappa shape index (κ1) is 14.4. The molecule has 0 spiro atoms. The molecule has 2 unspecified atom stereocenters. The molecule has 2 N–H and O–H groups in total. The Morgan fingerprint density at radius 3 is 2.88 bits per heavy atom. The lowest BCUT2D eigenvalue weighted by molar-refractivity contribution is -0.139. The molecule has 1 fully saturated rings. The van der Waals surface area contributed by atoms with Gasteiger partial charge in [0.1, 0.15) is 6.04 Å². The maximum absolute atomic E-state index is 10.9. The lowest BCUT2D eigenvalue weighted by Crippen LogP contribution is -2.39. The van der Waals surface area contributed by atoms with Gasteiger partial charge >= 0.3 is 5.97 Å². The molecule has 0 saturated carbocycles. The summed E-state index contributed by atoms with van der Waals surface area (Å²) >= 11 is 0. The van der Waals surface area contributed by atoms with Gasteiger partial charge in [-0.3, -0.25) is 4.79 Å². The molecule has 1 aliphatic heterocycles. The fourth-order valence-corrected chi connectivity index (χ4v) is 2.16. The number of nitrogens with zero attached hydrogens (tertiary/aromatic N) is 1. The van der Waals surface area contributed by atoms with E-state index in [0.29, 0.717) is 12.5 Å². The van der Waals surface area contributed by atoms with E-state index >= 15 is 0 Å². The molecule has 2 atom stereocenters. The van der Waals surface area contributed by atoms with E-state index in [0.717, 1.165) is 39.1 Å². The number of hydrogen-bond acceptors (Lipinski definition) is 4. The van der Waals surface area contributed by atoms with E-state index in [4.69, 9.17) is 9.84 Å². The number of likely N-dealkylation sites (N-methyl/N-ethyl adjacent to an activating group) is 2. The van der Waals surface area contributed by atoms with Gasteiger partial charge in [0, 0.05) is 19.7 Å². The van der Waals surface area contributed by atoms with Crippen molar-refractivity contribution >= 4 is 5.97 Å². The van der Waals surface area contributed by atoms with E-state index in [1.807, 2.05) is 0 Å². The Morgan fingerprint density at radius 2 is 2.41 bits per heavy atom. The van der Waals surface area contributed by atoms with Gasteiger partial charge in [0.25, 0.3) is 0 Å². The average molecular weight is 244 g/mol. The number of aliphatic carboxylic acids is 1. The second-order valence-corrected chi connectivity index (χ2v) is 4.50. The smallest absolute Gasteiger partial charge is 0.320 e. The highest BCUT2D eigenvalue weighted by Gasteiger charge is 2.20. The van der Waals surface area contributed by atoms with E-state index in [9.17, 15) is 4.79 Å². The Morgan fingerprint density at radius 1 is 1.65 bits per heavy atom. The summed E-state index contributed by atoms with van der Waals surface area (Å²) in [5, 5.41) is 11.8. The quantitative estimate of drug-likeness (QED) is 0.653. The van der Waals surface area contributed by atoms with Gasteiger partial charge in [0.05, 0.1) is 6.10 Å². The Labute approximate surface area is 103 Å². The summed E-state index contributed by atoms with van der Waals surface area (Å²) in [7, 11) is 1.69. The summed E-state index contributed by atoms with van der Waals surface area (Å²) < 4.78 is 5.59. The summed E-state index contributed by atoms with van der Waals surface area (Å²) in [4.78, 5) is 13.1. The van der Waals surface area contributed by atoms with Crippen LogP contribution in [0.15, 0.2) is 0 Å². The zero-order valence-electron chi connectivity index (χ0n) is 10.8. The van der Waals surface area contributed by atoms with E-state index < -0.39 is 12.0 Å². The molecule has 0 radical (unpaired) electrons. The van der Waals surface area contributed by atoms with Crippen molar-refractivity contribution in [3.05, 3.63) is 0 Å². The van der Waals surface area contributed by atoms with Crippen molar-refractivity contribution in [3.63, 3.8) is 0 Å². The molecule has 0 aromatic heterocycles. The van der Waals surface area contributed by atoms with Gasteiger partial charge in [-0.15, -0.1) is 0 Å². The van der Waals surface area contributed by atoms with Crippen molar-refractivity contribution in [2.24, 2.45) is 0 Å². The van der Waals surface area contributed by atoms with Crippen LogP contribution in [0.1, 0.15) is 26.2 Å². The molecular weight excluding hydrogens is 220 g/mol. The van der Waals surface area contributed by atoms with Crippen LogP contribution in [0.25, 0.3) is 0 Å². The zero-order chi connectivity index (χ0) is 12.7. The highest BCUT2D eigenvalue weighted by Crippen LogP contribution is 2.13. The molecule has 17 heavy (non-hydrogen) atoms. The minimum absolute atomic E-state index is 0.341. The van der Waals surface area contributed by atoms with Gasteiger partial charge in [0.15, 0.2) is 0 Å². The first-order valence-corrected chi connectivity index (χ1v) is 6.41. The number of carbonyl (C=O) groups is 1. The second kappa shape index (κ2) is 7.63. The summed E-state index contributed by atoms with van der Waals surface area (Å²) in [6.07, 6.45) is 3.25. The number of nitrogens with one attached hydrogen (secondary N) is 1. The topological polar surface area (TPSA) is 61.8 Å². The van der Waals surface area contributed by atoms with Crippen LogP contribution in [0.2, 0.25) is 0 Å². The molecule has 100 valence electrons. The summed E-state index contributed by atoms with van der Waals surface area (Å²) in [6, 6.07) is -0.450. The molecule has 0 bridgehead atoms. The van der Waals surface area contributed by atoms with E-state index in [2.05, 4.69) is 17.1 Å². The number of rotatable bonds is 8. The van der Waals surface area contributed by atoms with Crippen LogP contribution in [0, 0.1) is 0 Å². The summed E-state index contributed by atoms with van der Waals surface area (Å²) in [5.74, 6) is -0.777. The summed E-state index contributed by atoms with van der Waals surface area (Å²) in [5.41, 5.74) is 0. The number of hydrogen-bond donors (Lipinski definition) is 2. The fourth-order valence-electron chi connectivity index (χ4n) is 2.16. The molecule has 1 rings (SSSR count). The highest BCUT2D eigenvalue weighted by atomic mass is 16.5. The fraction of sp³-hybridized carbons (Fsp3) is 0.917. The SMILES string of the molecule is CCN(CCC(NC)C(=O)O)CC1CCCO1. The molecule has 5 heteroatoms. The van der Waals surface area contributed by atoms with Gasteiger partial charge in [-0.1, -0.05) is 6.92 Å². The first-order chi connectivity index (χ1) is 8.17. The molecule has 1 aliphatic rings. The Kier molecular flexibility index (Phi) is 6.47. The van der Waals surface area contributed by atoms with E-state index in [-0.39, 0.29) is 0 Å². The Bertz CT molecular complexity index is 230. The molecule has 1 heterocycles. The first-order valence-electron chi connectivity index (χ1n) is 6.41. The van der Waals surface area contributed by atoms with Gasteiger partial charge < -0.3 is 20.1 Å². The van der Waals surface area contributed by atoms with Gasteiger partial charge in [-0.25, -0.2) is 0 Å². The average Bonchev–Trinajstić information content (AvgIpc) is 2.80. The van der Waals surface area contributed by atoms with Crippen molar-refractivity contribution in [2.45, 2.75) is 38.3 Å². The molecule has 1 saturated heterocycles. The molecule has 5 nitrogen and oxygen atoms in total. The molecule has 0 aromatic rings. The number of carboxylic acid groups (broad SMARTS) is 1. The normalized spacial score (nSPS) is 21.9. The largest absolute Gasteiger partial charge is 0.480 e. The Balaban J connectivity index is 2.27. The minimum atomic E-state index is -0.777. The lowest BCUT2D eigenvalue weighted by Gasteiger charge is -2.24. The van der Waals surface area contributed by atoms with Crippen LogP contribution >= 0.6 is 0 Å². The van der Waals surface area contributed by atoms with Gasteiger partial charge in [-0.2, -0.15) is 0 Å². The maximum Gasteiger partial charge on any atom is 0.320 e. The third-order valence-corrected chi connectivity index (χ3v) is 3.31. The number of ether oxygens (including phenoxy) is 1. The van der Waals surface area contributed by atoms with Crippen molar-refractivity contribution in [3.8, 4) is 0 Å².